The van der Waals surface area contributed by atoms with Crippen LogP contribution in [0.15, 0.2) is 42.6 Å². The summed E-state index contributed by atoms with van der Waals surface area (Å²) in [6, 6.07) is 8.27. The standard InChI is InChI=1S/C22H22F4N4/c1-12(15-3-2-4-16(20(15)24)22(25)26)29-19-5-7-28-21-17(19)9-14(10-18(21)23)30-8-6-13(27)11-30/h2-5,7,9-10,12-13,22H,6,8,11,27H2,1H3,(H,28,29)/t12-,13-/m1/s1. The number of alkyl halides is 2. The number of pyridine rings is 1. The number of anilines is 2. The van der Waals surface area contributed by atoms with E-state index in [1.165, 1.54) is 24.4 Å². The van der Waals surface area contributed by atoms with Crippen molar-refractivity contribution < 1.29 is 17.6 Å². The van der Waals surface area contributed by atoms with Gasteiger partial charge in [-0.1, -0.05) is 18.2 Å². The Balaban J connectivity index is 1.71. The highest BCUT2D eigenvalue weighted by molar-refractivity contribution is 5.94. The van der Waals surface area contributed by atoms with Crippen molar-refractivity contribution in [3.63, 3.8) is 0 Å². The van der Waals surface area contributed by atoms with Crippen LogP contribution in [0.5, 0.6) is 0 Å². The van der Waals surface area contributed by atoms with E-state index in [4.69, 9.17) is 5.73 Å². The molecule has 2 aromatic carbocycles. The number of nitrogens with one attached hydrogen (secondary N) is 1. The average molecular weight is 418 g/mol. The second kappa shape index (κ2) is 8.10. The molecular weight excluding hydrogens is 396 g/mol. The molecule has 2 heterocycles. The Labute approximate surface area is 171 Å². The van der Waals surface area contributed by atoms with Crippen LogP contribution in [0.25, 0.3) is 10.9 Å². The lowest BCUT2D eigenvalue weighted by Crippen LogP contribution is -2.26. The summed E-state index contributed by atoms with van der Waals surface area (Å²) >= 11 is 0. The van der Waals surface area contributed by atoms with Crippen molar-refractivity contribution in [2.45, 2.75) is 31.9 Å². The molecule has 4 nitrogen and oxygen atoms in total. The Morgan fingerprint density at radius 1 is 1.17 bits per heavy atom. The van der Waals surface area contributed by atoms with Crippen LogP contribution in [0.3, 0.4) is 0 Å². The highest BCUT2D eigenvalue weighted by Crippen LogP contribution is 2.34. The second-order valence-electron chi connectivity index (χ2n) is 7.59. The van der Waals surface area contributed by atoms with E-state index >= 15 is 0 Å². The number of aromatic nitrogens is 1. The van der Waals surface area contributed by atoms with E-state index in [1.54, 1.807) is 13.0 Å². The maximum Gasteiger partial charge on any atom is 0.266 e. The van der Waals surface area contributed by atoms with E-state index in [0.717, 1.165) is 19.0 Å². The fourth-order valence-corrected chi connectivity index (χ4v) is 3.91. The summed E-state index contributed by atoms with van der Waals surface area (Å²) in [5.41, 5.74) is 6.86. The van der Waals surface area contributed by atoms with E-state index in [1.807, 2.05) is 11.0 Å². The molecule has 2 atom stereocenters. The van der Waals surface area contributed by atoms with Crippen molar-refractivity contribution in [2.24, 2.45) is 5.73 Å². The van der Waals surface area contributed by atoms with Crippen LogP contribution in [-0.4, -0.2) is 24.1 Å². The molecule has 0 unspecified atom stereocenters. The van der Waals surface area contributed by atoms with Gasteiger partial charge in [0.15, 0.2) is 5.82 Å². The molecule has 0 radical (unpaired) electrons. The molecule has 30 heavy (non-hydrogen) atoms. The first-order valence-corrected chi connectivity index (χ1v) is 9.77. The summed E-state index contributed by atoms with van der Waals surface area (Å²) in [4.78, 5) is 6.14. The topological polar surface area (TPSA) is 54.2 Å². The Bertz CT molecular complexity index is 1070. The third kappa shape index (κ3) is 3.79. The first-order chi connectivity index (χ1) is 14.3. The normalized spacial score (nSPS) is 17.7. The SMILES string of the molecule is C[C@@H](Nc1ccnc2c(F)cc(N3CC[C@@H](N)C3)cc12)c1cccc(C(F)F)c1F. The molecule has 1 aromatic heterocycles. The third-order valence-corrected chi connectivity index (χ3v) is 5.51. The maximum absolute atomic E-state index is 14.8. The van der Waals surface area contributed by atoms with Gasteiger partial charge >= 0.3 is 0 Å². The van der Waals surface area contributed by atoms with Gasteiger partial charge in [0.25, 0.3) is 6.43 Å². The summed E-state index contributed by atoms with van der Waals surface area (Å²) in [7, 11) is 0. The predicted octanol–water partition coefficient (Wildman–Crippen LogP) is 5.16. The van der Waals surface area contributed by atoms with Gasteiger partial charge in [0, 0.05) is 47.7 Å². The monoisotopic (exact) mass is 418 g/mol. The van der Waals surface area contributed by atoms with Gasteiger partial charge in [-0.2, -0.15) is 0 Å². The van der Waals surface area contributed by atoms with E-state index in [-0.39, 0.29) is 17.1 Å². The average Bonchev–Trinajstić information content (AvgIpc) is 3.14. The summed E-state index contributed by atoms with van der Waals surface area (Å²) < 4.78 is 55.4. The lowest BCUT2D eigenvalue weighted by molar-refractivity contribution is 0.146. The van der Waals surface area contributed by atoms with E-state index < -0.39 is 29.7 Å². The number of hydrogen-bond donors (Lipinski definition) is 2. The van der Waals surface area contributed by atoms with Crippen LogP contribution in [0.2, 0.25) is 0 Å². The fourth-order valence-electron chi connectivity index (χ4n) is 3.91. The zero-order valence-corrected chi connectivity index (χ0v) is 16.4. The Hall–Kier alpha value is -2.87. The Morgan fingerprint density at radius 3 is 2.63 bits per heavy atom. The van der Waals surface area contributed by atoms with Gasteiger partial charge < -0.3 is 16.0 Å². The van der Waals surface area contributed by atoms with E-state index in [2.05, 4.69) is 10.3 Å². The Kier molecular flexibility index (Phi) is 5.51. The molecule has 3 aromatic rings. The highest BCUT2D eigenvalue weighted by Gasteiger charge is 2.23. The highest BCUT2D eigenvalue weighted by atomic mass is 19.3. The molecule has 8 heteroatoms. The molecule has 1 aliphatic heterocycles. The minimum Gasteiger partial charge on any atom is -0.378 e. The number of rotatable bonds is 5. The zero-order valence-electron chi connectivity index (χ0n) is 16.4. The van der Waals surface area contributed by atoms with Gasteiger partial charge in [-0.05, 0) is 31.5 Å². The van der Waals surface area contributed by atoms with Crippen molar-refractivity contribution in [3.05, 3.63) is 65.4 Å². The lowest BCUT2D eigenvalue weighted by Gasteiger charge is -2.21. The molecule has 4 rings (SSSR count). The molecule has 158 valence electrons. The smallest absolute Gasteiger partial charge is 0.266 e. The fraction of sp³-hybridized carbons (Fsp3) is 0.318. The largest absolute Gasteiger partial charge is 0.378 e. The molecule has 3 N–H and O–H groups in total. The number of benzene rings is 2. The first-order valence-electron chi connectivity index (χ1n) is 9.77. The predicted molar refractivity (Wildman–Crippen MR) is 110 cm³/mol. The molecule has 1 aliphatic rings. The molecule has 0 saturated carbocycles. The third-order valence-electron chi connectivity index (χ3n) is 5.51. The van der Waals surface area contributed by atoms with Crippen LogP contribution in [0.4, 0.5) is 28.9 Å². The number of hydrogen-bond acceptors (Lipinski definition) is 4. The van der Waals surface area contributed by atoms with Crippen molar-refractivity contribution in [3.8, 4) is 0 Å². The summed E-state index contributed by atoms with van der Waals surface area (Å²) in [6.07, 6.45) is -0.616. The van der Waals surface area contributed by atoms with Crippen molar-refractivity contribution in [1.82, 2.24) is 4.98 Å². The molecule has 0 aliphatic carbocycles. The summed E-state index contributed by atoms with van der Waals surface area (Å²) in [5, 5.41) is 3.66. The van der Waals surface area contributed by atoms with Crippen molar-refractivity contribution in [1.29, 1.82) is 0 Å². The first kappa shape index (κ1) is 20.4. The van der Waals surface area contributed by atoms with Crippen LogP contribution in [0, 0.1) is 11.6 Å². The molecule has 1 saturated heterocycles. The number of nitrogens with zero attached hydrogens (tertiary/aromatic N) is 2. The summed E-state index contributed by atoms with van der Waals surface area (Å²) in [5.74, 6) is -1.41. The summed E-state index contributed by atoms with van der Waals surface area (Å²) in [6.45, 7) is 3.03. The van der Waals surface area contributed by atoms with Gasteiger partial charge in [-0.15, -0.1) is 0 Å². The minimum atomic E-state index is -2.90. The molecule has 1 fully saturated rings. The Morgan fingerprint density at radius 2 is 1.93 bits per heavy atom. The van der Waals surface area contributed by atoms with Crippen LogP contribution < -0.4 is 16.0 Å². The zero-order chi connectivity index (χ0) is 21.4. The van der Waals surface area contributed by atoms with Gasteiger partial charge in [0.2, 0.25) is 0 Å². The molecular formula is C22H22F4N4. The maximum atomic E-state index is 14.8. The van der Waals surface area contributed by atoms with E-state index in [0.29, 0.717) is 23.3 Å². The number of halogens is 4. The van der Waals surface area contributed by atoms with Crippen LogP contribution >= 0.6 is 0 Å². The minimum absolute atomic E-state index is 0.0420. The molecule has 0 spiro atoms. The number of fused-ring (bicyclic) bond motifs is 1. The van der Waals surface area contributed by atoms with Gasteiger partial charge in [-0.3, -0.25) is 4.98 Å². The van der Waals surface area contributed by atoms with Crippen molar-refractivity contribution in [2.75, 3.05) is 23.3 Å². The second-order valence-corrected chi connectivity index (χ2v) is 7.59. The quantitative estimate of drug-likeness (QED) is 0.562. The molecule has 0 bridgehead atoms. The van der Waals surface area contributed by atoms with Gasteiger partial charge in [-0.25, -0.2) is 17.6 Å². The van der Waals surface area contributed by atoms with Gasteiger partial charge in [0.1, 0.15) is 11.3 Å². The van der Waals surface area contributed by atoms with Gasteiger partial charge in [0.05, 0.1) is 11.6 Å². The lowest BCUT2D eigenvalue weighted by atomic mass is 10.0. The van der Waals surface area contributed by atoms with E-state index in [9.17, 15) is 17.6 Å². The van der Waals surface area contributed by atoms with Crippen molar-refractivity contribution >= 4 is 22.3 Å². The molecule has 0 amide bonds. The number of nitrogens with two attached hydrogens (primary N) is 1. The van der Waals surface area contributed by atoms with Crippen LogP contribution in [-0.2, 0) is 0 Å². The van der Waals surface area contributed by atoms with Crippen LogP contribution in [0.1, 0.15) is 36.9 Å².